The molecular formula is C14H14N2O5. The molecule has 7 heteroatoms. The molecule has 1 aromatic carbocycles. The van der Waals surface area contributed by atoms with Crippen LogP contribution in [0.4, 0.5) is 5.69 Å². The van der Waals surface area contributed by atoms with Crippen LogP contribution < -0.4 is 5.32 Å². The van der Waals surface area contributed by atoms with Crippen LogP contribution in [0.25, 0.3) is 10.9 Å². The Balaban J connectivity index is 2.56. The van der Waals surface area contributed by atoms with Crippen molar-refractivity contribution >= 4 is 34.4 Å². The van der Waals surface area contributed by atoms with Crippen LogP contribution in [0.2, 0.25) is 0 Å². The summed E-state index contributed by atoms with van der Waals surface area (Å²) < 4.78 is 1.91. The van der Waals surface area contributed by atoms with Crippen LogP contribution >= 0.6 is 0 Å². The maximum Gasteiger partial charge on any atom is 0.394 e. The van der Waals surface area contributed by atoms with Crippen molar-refractivity contribution < 1.29 is 24.6 Å². The molecule has 0 saturated heterocycles. The first-order valence-electron chi connectivity index (χ1n) is 6.34. The number of rotatable bonds is 4. The minimum Gasteiger partial charge on any atom is -0.478 e. The van der Waals surface area contributed by atoms with E-state index in [2.05, 4.69) is 5.32 Å². The Hall–Kier alpha value is -2.83. The largest absolute Gasteiger partial charge is 0.478 e. The number of nitrogens with one attached hydrogen (secondary N) is 1. The highest BCUT2D eigenvalue weighted by molar-refractivity contribution is 6.37. The van der Waals surface area contributed by atoms with Crippen molar-refractivity contribution in [2.75, 3.05) is 5.32 Å². The maximum absolute atomic E-state index is 11.3. The van der Waals surface area contributed by atoms with E-state index in [1.165, 1.54) is 12.1 Å². The summed E-state index contributed by atoms with van der Waals surface area (Å²) >= 11 is 0. The van der Waals surface area contributed by atoms with Crippen molar-refractivity contribution in [2.45, 2.75) is 19.9 Å². The van der Waals surface area contributed by atoms with Crippen LogP contribution in [0.5, 0.6) is 0 Å². The van der Waals surface area contributed by atoms with Crippen molar-refractivity contribution in [1.29, 1.82) is 0 Å². The van der Waals surface area contributed by atoms with Gasteiger partial charge in [0, 0.05) is 18.1 Å². The summed E-state index contributed by atoms with van der Waals surface area (Å²) in [5.41, 5.74) is 0.562. The minimum atomic E-state index is -1.67. The van der Waals surface area contributed by atoms with Crippen LogP contribution in [0.3, 0.4) is 0 Å². The lowest BCUT2D eigenvalue weighted by Gasteiger charge is -2.09. The molecule has 0 radical (unpaired) electrons. The molecule has 1 aromatic heterocycles. The monoisotopic (exact) mass is 290 g/mol. The zero-order valence-corrected chi connectivity index (χ0v) is 11.3. The third-order valence-corrected chi connectivity index (χ3v) is 3.05. The van der Waals surface area contributed by atoms with Crippen molar-refractivity contribution in [3.8, 4) is 0 Å². The number of aromatic carboxylic acids is 1. The Morgan fingerprint density at radius 3 is 2.52 bits per heavy atom. The van der Waals surface area contributed by atoms with Gasteiger partial charge in [-0.05, 0) is 24.6 Å². The lowest BCUT2D eigenvalue weighted by molar-refractivity contribution is -0.147. The highest BCUT2D eigenvalue weighted by Gasteiger charge is 2.18. The molecular weight excluding hydrogens is 276 g/mol. The summed E-state index contributed by atoms with van der Waals surface area (Å²) in [6.45, 7) is 2.74. The van der Waals surface area contributed by atoms with E-state index >= 15 is 0 Å². The summed E-state index contributed by atoms with van der Waals surface area (Å²) in [5, 5.41) is 20.6. The molecule has 3 N–H and O–H groups in total. The van der Waals surface area contributed by atoms with E-state index in [-0.39, 0.29) is 11.3 Å². The number of fused-ring (bicyclic) bond motifs is 1. The van der Waals surface area contributed by atoms with Crippen molar-refractivity contribution in [3.63, 3.8) is 0 Å². The van der Waals surface area contributed by atoms with Gasteiger partial charge in [0.25, 0.3) is 0 Å². The fourth-order valence-electron chi connectivity index (χ4n) is 2.13. The third-order valence-electron chi connectivity index (χ3n) is 3.05. The molecule has 0 unspecified atom stereocenters. The molecule has 1 heterocycles. The number of aryl methyl sites for hydroxylation is 1. The van der Waals surface area contributed by atoms with Crippen molar-refractivity contribution in [2.24, 2.45) is 0 Å². The van der Waals surface area contributed by atoms with Gasteiger partial charge < -0.3 is 20.1 Å². The number of carboxylic acids is 2. The Morgan fingerprint density at radius 2 is 1.95 bits per heavy atom. The van der Waals surface area contributed by atoms with Gasteiger partial charge in [-0.2, -0.15) is 0 Å². The second-order valence-electron chi connectivity index (χ2n) is 4.53. The Bertz CT molecular complexity index is 732. The Morgan fingerprint density at radius 1 is 1.24 bits per heavy atom. The fourth-order valence-corrected chi connectivity index (χ4v) is 2.13. The van der Waals surface area contributed by atoms with Gasteiger partial charge in [0.2, 0.25) is 0 Å². The molecule has 2 rings (SSSR count). The predicted molar refractivity (Wildman–Crippen MR) is 75.5 cm³/mol. The SMILES string of the molecule is CCCn1ccc2cc(C(=O)O)c(NC(=O)C(=O)O)cc21. The number of nitrogens with zero attached hydrogens (tertiary/aromatic N) is 1. The normalized spacial score (nSPS) is 10.5. The van der Waals surface area contributed by atoms with Crippen molar-refractivity contribution in [3.05, 3.63) is 30.0 Å². The molecule has 110 valence electrons. The summed E-state index contributed by atoms with van der Waals surface area (Å²) in [6.07, 6.45) is 2.71. The Kier molecular flexibility index (Phi) is 3.93. The van der Waals surface area contributed by atoms with Gasteiger partial charge in [-0.1, -0.05) is 6.92 Å². The second kappa shape index (κ2) is 5.66. The standard InChI is InChI=1S/C14H14N2O5/c1-2-4-16-5-3-8-6-9(13(18)19)10(7-11(8)16)15-12(17)14(20)21/h3,5-7H,2,4H2,1H3,(H,15,17)(H,18,19)(H,20,21). The quantitative estimate of drug-likeness (QED) is 0.744. The first-order valence-corrected chi connectivity index (χ1v) is 6.34. The van der Waals surface area contributed by atoms with Gasteiger partial charge in [0.05, 0.1) is 16.8 Å². The number of aromatic nitrogens is 1. The topological polar surface area (TPSA) is 109 Å². The van der Waals surface area contributed by atoms with Gasteiger partial charge in [-0.3, -0.25) is 4.79 Å². The molecule has 0 fully saturated rings. The lowest BCUT2D eigenvalue weighted by atomic mass is 10.1. The first-order chi connectivity index (χ1) is 9.93. The number of carbonyl (C=O) groups is 3. The number of amides is 1. The highest BCUT2D eigenvalue weighted by Crippen LogP contribution is 2.25. The van der Waals surface area contributed by atoms with Crippen LogP contribution in [-0.4, -0.2) is 32.6 Å². The minimum absolute atomic E-state index is 0.0292. The third kappa shape index (κ3) is 2.86. The summed E-state index contributed by atoms with van der Waals surface area (Å²) in [4.78, 5) is 33.1. The molecule has 0 aliphatic carbocycles. The van der Waals surface area contributed by atoms with E-state index in [0.717, 1.165) is 18.5 Å². The number of carbonyl (C=O) groups excluding carboxylic acids is 1. The number of hydrogen-bond acceptors (Lipinski definition) is 3. The van der Waals surface area contributed by atoms with E-state index in [0.29, 0.717) is 5.39 Å². The predicted octanol–water partition coefficient (Wildman–Crippen LogP) is 1.77. The van der Waals surface area contributed by atoms with Crippen LogP contribution in [0.15, 0.2) is 24.4 Å². The van der Waals surface area contributed by atoms with E-state index in [1.807, 2.05) is 17.7 Å². The number of aliphatic carboxylic acids is 1. The lowest BCUT2D eigenvalue weighted by Crippen LogP contribution is -2.23. The molecule has 2 aromatic rings. The number of anilines is 1. The average molecular weight is 290 g/mol. The van der Waals surface area contributed by atoms with Crippen LogP contribution in [0, 0.1) is 0 Å². The van der Waals surface area contributed by atoms with E-state index in [9.17, 15) is 19.5 Å². The highest BCUT2D eigenvalue weighted by atomic mass is 16.4. The molecule has 0 bridgehead atoms. The molecule has 7 nitrogen and oxygen atoms in total. The number of carboxylic acid groups (broad SMARTS) is 2. The molecule has 0 spiro atoms. The maximum atomic E-state index is 11.3. The van der Waals surface area contributed by atoms with E-state index in [4.69, 9.17) is 5.11 Å². The second-order valence-corrected chi connectivity index (χ2v) is 4.53. The smallest absolute Gasteiger partial charge is 0.394 e. The molecule has 1 amide bonds. The van der Waals surface area contributed by atoms with Crippen molar-refractivity contribution in [1.82, 2.24) is 4.57 Å². The van der Waals surface area contributed by atoms with E-state index in [1.54, 1.807) is 6.07 Å². The molecule has 0 aliphatic rings. The number of benzene rings is 1. The summed E-state index contributed by atoms with van der Waals surface area (Å²) in [6, 6.07) is 4.68. The summed E-state index contributed by atoms with van der Waals surface area (Å²) in [5.74, 6) is -4.18. The zero-order valence-electron chi connectivity index (χ0n) is 11.3. The van der Waals surface area contributed by atoms with Gasteiger partial charge in [0.15, 0.2) is 0 Å². The van der Waals surface area contributed by atoms with E-state index < -0.39 is 17.8 Å². The molecule has 0 saturated carbocycles. The number of hydrogen-bond donors (Lipinski definition) is 3. The first kappa shape index (κ1) is 14.6. The molecule has 0 aliphatic heterocycles. The zero-order chi connectivity index (χ0) is 15.6. The van der Waals surface area contributed by atoms with Gasteiger partial charge in [-0.15, -0.1) is 0 Å². The van der Waals surface area contributed by atoms with Crippen LogP contribution in [0.1, 0.15) is 23.7 Å². The van der Waals surface area contributed by atoms with Gasteiger partial charge >= 0.3 is 17.8 Å². The van der Waals surface area contributed by atoms with Gasteiger partial charge in [-0.25, -0.2) is 9.59 Å². The molecule has 0 atom stereocenters. The summed E-state index contributed by atoms with van der Waals surface area (Å²) in [7, 11) is 0. The molecule has 21 heavy (non-hydrogen) atoms. The Labute approximate surface area is 119 Å². The van der Waals surface area contributed by atoms with Crippen LogP contribution in [-0.2, 0) is 16.1 Å². The fraction of sp³-hybridized carbons (Fsp3) is 0.214. The van der Waals surface area contributed by atoms with Gasteiger partial charge in [0.1, 0.15) is 0 Å². The average Bonchev–Trinajstić information content (AvgIpc) is 2.80.